The highest BCUT2D eigenvalue weighted by Crippen LogP contribution is 2.27. The van der Waals surface area contributed by atoms with Crippen LogP contribution >= 0.6 is 11.8 Å². The van der Waals surface area contributed by atoms with E-state index in [0.717, 1.165) is 0 Å². The van der Waals surface area contributed by atoms with E-state index >= 15 is 0 Å². The van der Waals surface area contributed by atoms with E-state index < -0.39 is 0 Å². The second-order valence-electron chi connectivity index (χ2n) is 5.27. The molecule has 0 saturated heterocycles. The molecule has 3 aromatic heterocycles. The fourth-order valence-corrected chi connectivity index (χ4v) is 2.98. The standard InChI is InChI=1S/C16H14N6O3S/c1-24-9-4-5-12(25-2)11(8-9)21-7-6-10-13(14(21)23)18-19-15-17-16(26-3)20-22(10)15/h4-8H,1-3H3. The summed E-state index contributed by atoms with van der Waals surface area (Å²) in [6, 6.07) is 6.97. The molecule has 132 valence electrons. The quantitative estimate of drug-likeness (QED) is 0.499. The number of thioether (sulfide) groups is 1. The third-order valence-corrected chi connectivity index (χ3v) is 4.45. The first-order valence-electron chi connectivity index (χ1n) is 7.57. The Morgan fingerprint density at radius 2 is 1.96 bits per heavy atom. The van der Waals surface area contributed by atoms with Gasteiger partial charge in [-0.2, -0.15) is 9.50 Å². The van der Waals surface area contributed by atoms with Gasteiger partial charge in [0.1, 0.15) is 17.0 Å². The Hall–Kier alpha value is -3.14. The molecule has 0 aliphatic carbocycles. The lowest BCUT2D eigenvalue weighted by molar-refractivity contribution is 0.401. The smallest absolute Gasteiger partial charge is 0.285 e. The third kappa shape index (κ3) is 2.46. The van der Waals surface area contributed by atoms with Crippen molar-refractivity contribution in [2.75, 3.05) is 20.5 Å². The van der Waals surface area contributed by atoms with E-state index in [1.54, 1.807) is 44.7 Å². The molecule has 0 atom stereocenters. The zero-order chi connectivity index (χ0) is 18.3. The molecule has 0 fully saturated rings. The predicted octanol–water partition coefficient (Wildman–Crippen LogP) is 1.56. The van der Waals surface area contributed by atoms with Crippen molar-refractivity contribution < 1.29 is 9.47 Å². The molecular weight excluding hydrogens is 356 g/mol. The van der Waals surface area contributed by atoms with Crippen LogP contribution in [0.4, 0.5) is 0 Å². The highest BCUT2D eigenvalue weighted by atomic mass is 32.2. The summed E-state index contributed by atoms with van der Waals surface area (Å²) >= 11 is 1.39. The zero-order valence-corrected chi connectivity index (χ0v) is 15.0. The van der Waals surface area contributed by atoms with Crippen LogP contribution in [0.25, 0.3) is 22.5 Å². The summed E-state index contributed by atoms with van der Waals surface area (Å²) < 4.78 is 13.6. The summed E-state index contributed by atoms with van der Waals surface area (Å²) in [5.74, 6) is 1.49. The molecule has 0 aliphatic rings. The lowest BCUT2D eigenvalue weighted by Crippen LogP contribution is -2.20. The molecule has 9 nitrogen and oxygen atoms in total. The molecule has 0 saturated carbocycles. The van der Waals surface area contributed by atoms with Gasteiger partial charge in [-0.3, -0.25) is 9.36 Å². The van der Waals surface area contributed by atoms with E-state index in [4.69, 9.17) is 9.47 Å². The van der Waals surface area contributed by atoms with Gasteiger partial charge in [0.25, 0.3) is 11.3 Å². The van der Waals surface area contributed by atoms with Crippen LogP contribution in [0.5, 0.6) is 11.5 Å². The van der Waals surface area contributed by atoms with Crippen LogP contribution < -0.4 is 15.0 Å². The zero-order valence-electron chi connectivity index (χ0n) is 14.2. The number of hydrogen-bond donors (Lipinski definition) is 0. The van der Waals surface area contributed by atoms with Crippen molar-refractivity contribution in [1.82, 2.24) is 29.4 Å². The minimum atomic E-state index is -0.343. The number of benzene rings is 1. The Morgan fingerprint density at radius 3 is 2.69 bits per heavy atom. The fourth-order valence-electron chi connectivity index (χ4n) is 2.65. The number of fused-ring (bicyclic) bond motifs is 3. The SMILES string of the molecule is COc1ccc(OC)c(-n2ccc3c(nnc4nc(SC)nn43)c2=O)c1. The van der Waals surface area contributed by atoms with Gasteiger partial charge >= 0.3 is 0 Å². The highest BCUT2D eigenvalue weighted by Gasteiger charge is 2.15. The minimum Gasteiger partial charge on any atom is -0.497 e. The normalized spacial score (nSPS) is 11.2. The Balaban J connectivity index is 2.00. The number of pyridine rings is 1. The lowest BCUT2D eigenvalue weighted by atomic mass is 10.2. The van der Waals surface area contributed by atoms with Crippen LogP contribution in [0, 0.1) is 0 Å². The van der Waals surface area contributed by atoms with E-state index in [9.17, 15) is 4.79 Å². The second-order valence-corrected chi connectivity index (χ2v) is 6.05. The summed E-state index contributed by atoms with van der Waals surface area (Å²) in [6.07, 6.45) is 3.51. The van der Waals surface area contributed by atoms with Crippen LogP contribution in [0.1, 0.15) is 0 Å². The molecule has 0 N–H and O–H groups in total. The van der Waals surface area contributed by atoms with Crippen molar-refractivity contribution in [2.24, 2.45) is 0 Å². The maximum atomic E-state index is 13.0. The highest BCUT2D eigenvalue weighted by molar-refractivity contribution is 7.98. The largest absolute Gasteiger partial charge is 0.497 e. The summed E-state index contributed by atoms with van der Waals surface area (Å²) in [5, 5.41) is 13.0. The van der Waals surface area contributed by atoms with Gasteiger partial charge in [-0.15, -0.1) is 15.3 Å². The molecular formula is C16H14N6O3S. The molecule has 0 unspecified atom stereocenters. The van der Waals surface area contributed by atoms with Gasteiger partial charge in [0, 0.05) is 12.3 Å². The van der Waals surface area contributed by atoms with E-state index in [-0.39, 0.29) is 11.1 Å². The molecule has 0 aliphatic heterocycles. The molecule has 0 bridgehead atoms. The summed E-state index contributed by atoms with van der Waals surface area (Å²) in [6.45, 7) is 0. The van der Waals surface area contributed by atoms with Gasteiger partial charge in [0.05, 0.1) is 19.9 Å². The van der Waals surface area contributed by atoms with E-state index in [0.29, 0.717) is 33.6 Å². The number of aromatic nitrogens is 6. The maximum Gasteiger partial charge on any atom is 0.285 e. The van der Waals surface area contributed by atoms with Gasteiger partial charge < -0.3 is 9.47 Å². The van der Waals surface area contributed by atoms with E-state index in [1.165, 1.54) is 20.8 Å². The Labute approximate surface area is 151 Å². The Kier molecular flexibility index (Phi) is 3.96. The number of hydrogen-bond acceptors (Lipinski definition) is 8. The van der Waals surface area contributed by atoms with Crippen molar-refractivity contribution in [2.45, 2.75) is 5.16 Å². The third-order valence-electron chi connectivity index (χ3n) is 3.91. The van der Waals surface area contributed by atoms with Crippen LogP contribution in [0.15, 0.2) is 40.4 Å². The molecule has 4 rings (SSSR count). The van der Waals surface area contributed by atoms with Crippen molar-refractivity contribution >= 4 is 28.6 Å². The first-order chi connectivity index (χ1) is 12.7. The average Bonchev–Trinajstić information content (AvgIpc) is 3.11. The van der Waals surface area contributed by atoms with Crippen LogP contribution in [0.2, 0.25) is 0 Å². The molecule has 4 aromatic rings. The van der Waals surface area contributed by atoms with E-state index in [1.807, 2.05) is 6.26 Å². The summed E-state index contributed by atoms with van der Waals surface area (Å²) in [7, 11) is 3.10. The van der Waals surface area contributed by atoms with Crippen molar-refractivity contribution in [3.63, 3.8) is 0 Å². The van der Waals surface area contributed by atoms with Gasteiger partial charge in [-0.25, -0.2) is 0 Å². The van der Waals surface area contributed by atoms with Gasteiger partial charge in [0.2, 0.25) is 5.16 Å². The molecule has 0 radical (unpaired) electrons. The van der Waals surface area contributed by atoms with Crippen LogP contribution in [-0.2, 0) is 0 Å². The van der Waals surface area contributed by atoms with Crippen LogP contribution in [-0.4, -0.2) is 49.8 Å². The Bertz CT molecular complexity index is 1190. The lowest BCUT2D eigenvalue weighted by Gasteiger charge is -2.12. The van der Waals surface area contributed by atoms with Gasteiger partial charge in [-0.05, 0) is 24.5 Å². The Morgan fingerprint density at radius 1 is 1.12 bits per heavy atom. The molecule has 0 amide bonds. The van der Waals surface area contributed by atoms with E-state index in [2.05, 4.69) is 20.3 Å². The van der Waals surface area contributed by atoms with Crippen LogP contribution in [0.3, 0.4) is 0 Å². The predicted molar refractivity (Wildman–Crippen MR) is 96.6 cm³/mol. The monoisotopic (exact) mass is 370 g/mol. The van der Waals surface area contributed by atoms with Crippen molar-refractivity contribution in [1.29, 1.82) is 0 Å². The molecule has 10 heteroatoms. The number of nitrogens with zero attached hydrogens (tertiary/aromatic N) is 6. The minimum absolute atomic E-state index is 0.183. The fraction of sp³-hybridized carbons (Fsp3) is 0.188. The number of ether oxygens (including phenoxy) is 2. The number of methoxy groups -OCH3 is 2. The molecule has 1 aromatic carbocycles. The molecule has 3 heterocycles. The average molecular weight is 370 g/mol. The second kappa shape index (κ2) is 6.30. The van der Waals surface area contributed by atoms with Gasteiger partial charge in [-0.1, -0.05) is 11.8 Å². The van der Waals surface area contributed by atoms with Crippen molar-refractivity contribution in [3.05, 3.63) is 40.8 Å². The number of rotatable bonds is 4. The summed E-state index contributed by atoms with van der Waals surface area (Å²) in [5.41, 5.74) is 0.919. The first-order valence-corrected chi connectivity index (χ1v) is 8.80. The van der Waals surface area contributed by atoms with Crippen molar-refractivity contribution in [3.8, 4) is 17.2 Å². The molecule has 0 spiro atoms. The summed E-state index contributed by atoms with van der Waals surface area (Å²) in [4.78, 5) is 17.3. The maximum absolute atomic E-state index is 13.0. The topological polar surface area (TPSA) is 96.4 Å². The van der Waals surface area contributed by atoms with Gasteiger partial charge in [0.15, 0.2) is 5.52 Å². The first kappa shape index (κ1) is 16.3. The molecule has 26 heavy (non-hydrogen) atoms.